The van der Waals surface area contributed by atoms with Crippen LogP contribution in [0.4, 0.5) is 0 Å². The number of benzene rings is 2. The molecule has 2 aromatic rings. The van der Waals surface area contributed by atoms with Crippen LogP contribution in [0.5, 0.6) is 0 Å². The van der Waals surface area contributed by atoms with Gasteiger partial charge in [-0.1, -0.05) is 35.4 Å². The summed E-state index contributed by atoms with van der Waals surface area (Å²) in [6, 6.07) is 13.4. The zero-order chi connectivity index (χ0) is 34.5. The topological polar surface area (TPSA) is 169 Å². The Balaban J connectivity index is 1.50. The van der Waals surface area contributed by atoms with Crippen LogP contribution >= 0.6 is 0 Å². The largest absolute Gasteiger partial charge is 0.381 e. The van der Waals surface area contributed by atoms with Gasteiger partial charge < -0.3 is 24.8 Å². The molecule has 1 heterocycles. The van der Waals surface area contributed by atoms with Crippen LogP contribution in [0, 0.1) is 13.8 Å². The van der Waals surface area contributed by atoms with Crippen molar-refractivity contribution in [2.45, 2.75) is 62.2 Å². The lowest BCUT2D eigenvalue weighted by atomic mass is 10.2. The van der Waals surface area contributed by atoms with E-state index in [0.29, 0.717) is 97.5 Å². The Bertz CT molecular complexity index is 1370. The maximum Gasteiger partial charge on any atom is 0.264 e. The van der Waals surface area contributed by atoms with E-state index in [2.05, 4.69) is 30.1 Å². The van der Waals surface area contributed by atoms with Crippen molar-refractivity contribution >= 4 is 31.8 Å². The van der Waals surface area contributed by atoms with Gasteiger partial charge in [0.1, 0.15) is 5.84 Å². The van der Waals surface area contributed by atoms with Crippen molar-refractivity contribution in [2.24, 2.45) is 9.98 Å². The Hall–Kier alpha value is -3.08. The van der Waals surface area contributed by atoms with Crippen molar-refractivity contribution in [1.82, 2.24) is 20.1 Å². The summed E-state index contributed by atoms with van der Waals surface area (Å²) < 4.78 is 74.1. The highest BCUT2D eigenvalue weighted by Gasteiger charge is 2.17. The van der Waals surface area contributed by atoms with E-state index in [-0.39, 0.29) is 15.8 Å². The lowest BCUT2D eigenvalue weighted by molar-refractivity contribution is 0.0469. The molecule has 268 valence electrons. The SMILES string of the molecule is Cc1ccc(S(=O)(=O)NC2=NCCCOCCOCCCNC(NS(=O)(=O)c3ccc(C)cc3)=NCCCOCCCCCNC2)cc1. The van der Waals surface area contributed by atoms with Gasteiger partial charge >= 0.3 is 0 Å². The zero-order valence-corrected chi connectivity index (χ0v) is 29.8. The van der Waals surface area contributed by atoms with Gasteiger partial charge in [0.15, 0.2) is 0 Å². The lowest BCUT2D eigenvalue weighted by Crippen LogP contribution is -2.41. The molecule has 0 fully saturated rings. The summed E-state index contributed by atoms with van der Waals surface area (Å²) in [6.45, 7) is 8.97. The lowest BCUT2D eigenvalue weighted by Gasteiger charge is -2.14. The third-order valence-corrected chi connectivity index (χ3v) is 9.93. The maximum absolute atomic E-state index is 13.0. The van der Waals surface area contributed by atoms with Gasteiger partial charge in [-0.15, -0.1) is 0 Å². The number of aryl methyl sites for hydroxylation is 2. The van der Waals surface area contributed by atoms with E-state index in [0.717, 1.165) is 30.4 Å². The van der Waals surface area contributed by atoms with Gasteiger partial charge in [-0.2, -0.15) is 0 Å². The van der Waals surface area contributed by atoms with Crippen molar-refractivity contribution in [3.05, 3.63) is 59.7 Å². The summed E-state index contributed by atoms with van der Waals surface area (Å²) in [5.41, 5.74) is 1.96. The number of nitrogens with zero attached hydrogens (tertiary/aromatic N) is 2. The summed E-state index contributed by atoms with van der Waals surface area (Å²) in [6.07, 6.45) is 4.64. The van der Waals surface area contributed by atoms with Gasteiger partial charge in [-0.25, -0.2) is 21.6 Å². The van der Waals surface area contributed by atoms with Gasteiger partial charge in [0.25, 0.3) is 20.0 Å². The average Bonchev–Trinajstić information content (AvgIpc) is 3.05. The monoisotopic (exact) mass is 708 g/mol. The van der Waals surface area contributed by atoms with Crippen molar-refractivity contribution in [2.75, 3.05) is 72.4 Å². The maximum atomic E-state index is 13.0. The van der Waals surface area contributed by atoms with E-state index in [1.54, 1.807) is 48.5 Å². The first-order valence-electron chi connectivity index (χ1n) is 16.6. The van der Waals surface area contributed by atoms with E-state index >= 15 is 0 Å². The molecule has 0 atom stereocenters. The predicted molar refractivity (Wildman–Crippen MR) is 189 cm³/mol. The molecule has 0 aromatic heterocycles. The van der Waals surface area contributed by atoms with Crippen molar-refractivity contribution in [3.63, 3.8) is 0 Å². The molecule has 0 spiro atoms. The van der Waals surface area contributed by atoms with Crippen LogP contribution in [-0.2, 0) is 34.3 Å². The minimum absolute atomic E-state index is 0.172. The quantitative estimate of drug-likeness (QED) is 0.373. The first-order chi connectivity index (χ1) is 23.2. The Morgan fingerprint density at radius 1 is 0.583 bits per heavy atom. The zero-order valence-electron chi connectivity index (χ0n) is 28.2. The molecule has 0 saturated carbocycles. The van der Waals surface area contributed by atoms with Gasteiger partial charge in [0.2, 0.25) is 5.96 Å². The molecular weight excluding hydrogens is 657 g/mol. The van der Waals surface area contributed by atoms with E-state index in [4.69, 9.17) is 14.2 Å². The van der Waals surface area contributed by atoms with Crippen molar-refractivity contribution in [3.8, 4) is 0 Å². The van der Waals surface area contributed by atoms with Crippen molar-refractivity contribution in [1.29, 1.82) is 0 Å². The van der Waals surface area contributed by atoms with E-state index in [9.17, 15) is 16.8 Å². The van der Waals surface area contributed by atoms with Crippen LogP contribution < -0.4 is 20.1 Å². The normalized spacial score (nSPS) is 18.5. The highest BCUT2D eigenvalue weighted by Crippen LogP contribution is 2.11. The Kier molecular flexibility index (Phi) is 17.9. The van der Waals surface area contributed by atoms with Crippen LogP contribution in [0.1, 0.15) is 49.7 Å². The summed E-state index contributed by atoms with van der Waals surface area (Å²) >= 11 is 0. The van der Waals surface area contributed by atoms with Crippen LogP contribution in [0.3, 0.4) is 0 Å². The van der Waals surface area contributed by atoms with E-state index in [1.165, 1.54) is 0 Å². The third kappa shape index (κ3) is 15.9. The summed E-state index contributed by atoms with van der Waals surface area (Å²) in [5, 5.41) is 6.39. The second-order valence-corrected chi connectivity index (χ2v) is 14.8. The molecule has 0 radical (unpaired) electrons. The molecule has 2 aromatic carbocycles. The predicted octanol–water partition coefficient (Wildman–Crippen LogP) is 2.90. The van der Waals surface area contributed by atoms with Gasteiger partial charge in [-0.05, 0) is 83.2 Å². The molecule has 48 heavy (non-hydrogen) atoms. The fraction of sp³-hybridized carbons (Fsp3) is 0.576. The summed E-state index contributed by atoms with van der Waals surface area (Å²) in [5.74, 6) is 0.563. The Morgan fingerprint density at radius 3 is 1.73 bits per heavy atom. The third-order valence-electron chi connectivity index (χ3n) is 7.18. The highest BCUT2D eigenvalue weighted by atomic mass is 32.2. The van der Waals surface area contributed by atoms with Crippen LogP contribution in [0.25, 0.3) is 0 Å². The minimum atomic E-state index is -3.79. The summed E-state index contributed by atoms with van der Waals surface area (Å²) in [7, 11) is -7.54. The molecule has 0 bridgehead atoms. The fourth-order valence-corrected chi connectivity index (χ4v) is 6.53. The van der Waals surface area contributed by atoms with Crippen LogP contribution in [0.2, 0.25) is 0 Å². The van der Waals surface area contributed by atoms with Crippen molar-refractivity contribution < 1.29 is 31.0 Å². The number of ether oxygens (including phenoxy) is 3. The number of aliphatic imine (C=N–C) groups is 2. The standard InChI is InChI=1S/C33H52N6O7S2/c1-28-9-13-30(14-10-28)47(40,41)38-32-27-34-17-4-3-5-21-44-22-7-19-36-33(39-48(42,43)31-15-11-29(2)12-16-31)37-20-8-24-46-26-25-45-23-6-18-35-32/h9-16,34H,3-8,17-27H2,1-2H3,(H,35,38)(H2,36,37,39). The Labute approximate surface area is 286 Å². The minimum Gasteiger partial charge on any atom is -0.381 e. The molecule has 0 unspecified atom stereocenters. The summed E-state index contributed by atoms with van der Waals surface area (Å²) in [4.78, 5) is 9.35. The first-order valence-corrected chi connectivity index (χ1v) is 19.6. The van der Waals surface area contributed by atoms with Gasteiger partial charge in [-0.3, -0.25) is 14.7 Å². The van der Waals surface area contributed by atoms with Crippen LogP contribution in [0.15, 0.2) is 68.3 Å². The number of sulfonamides is 2. The number of rotatable bonds is 4. The molecule has 15 heteroatoms. The molecule has 3 rings (SSSR count). The van der Waals surface area contributed by atoms with E-state index in [1.807, 2.05) is 13.8 Å². The number of amidine groups is 1. The number of guanidine groups is 1. The first kappa shape index (κ1) is 39.4. The number of hydrogen-bond donors (Lipinski definition) is 4. The second-order valence-electron chi connectivity index (χ2n) is 11.5. The molecule has 4 N–H and O–H groups in total. The molecule has 0 aliphatic carbocycles. The molecule has 13 nitrogen and oxygen atoms in total. The van der Waals surface area contributed by atoms with E-state index < -0.39 is 20.0 Å². The molecule has 1 aliphatic heterocycles. The number of nitrogens with one attached hydrogen (secondary N) is 4. The van der Waals surface area contributed by atoms with Gasteiger partial charge in [0, 0.05) is 46.1 Å². The second kappa shape index (κ2) is 21.8. The molecule has 0 saturated heterocycles. The Morgan fingerprint density at radius 2 is 1.10 bits per heavy atom. The molecule has 1 aliphatic rings. The highest BCUT2D eigenvalue weighted by molar-refractivity contribution is 7.90. The van der Waals surface area contributed by atoms with Crippen LogP contribution in [-0.4, -0.2) is 101 Å². The average molecular weight is 709 g/mol. The molecular formula is C33H52N6O7S2. The smallest absolute Gasteiger partial charge is 0.264 e. The molecule has 0 amide bonds. The van der Waals surface area contributed by atoms with Gasteiger partial charge in [0.05, 0.1) is 29.5 Å². The number of hydrogen-bond acceptors (Lipinski definition) is 11. The fourth-order valence-electron chi connectivity index (χ4n) is 4.46.